The molecule has 1 N–H and O–H groups in total. The van der Waals surface area contributed by atoms with Crippen LogP contribution in [0.15, 0.2) is 54.6 Å². The molecule has 2 aromatic carbocycles. The van der Waals surface area contributed by atoms with Gasteiger partial charge in [-0.15, -0.1) is 0 Å². The van der Waals surface area contributed by atoms with E-state index in [1.807, 2.05) is 25.1 Å². The van der Waals surface area contributed by atoms with Gasteiger partial charge in [-0.25, -0.2) is 4.98 Å². The topological polar surface area (TPSA) is 50.3 Å². The van der Waals surface area contributed by atoms with Crippen molar-refractivity contribution in [2.24, 2.45) is 0 Å². The second-order valence-electron chi connectivity index (χ2n) is 6.87. The standard InChI is InChI=1S/C22H25ClN4O/c1-15(2)27(14-17-8-6-5-7-9-17)21-12-16(3)24-22(26-21)25-19-13-18(23)10-11-20(19)28-4/h5-13,15H,14H2,1-4H3,(H,24,25,26). The van der Waals surface area contributed by atoms with Crippen LogP contribution in [0.3, 0.4) is 0 Å². The van der Waals surface area contributed by atoms with Crippen LogP contribution in [-0.4, -0.2) is 23.1 Å². The largest absolute Gasteiger partial charge is 0.495 e. The van der Waals surface area contributed by atoms with Gasteiger partial charge in [0.15, 0.2) is 0 Å². The van der Waals surface area contributed by atoms with E-state index in [1.165, 1.54) is 5.56 Å². The Kier molecular flexibility index (Phi) is 6.37. The molecule has 0 aliphatic heterocycles. The Balaban J connectivity index is 1.92. The minimum Gasteiger partial charge on any atom is -0.495 e. The summed E-state index contributed by atoms with van der Waals surface area (Å²) in [6.45, 7) is 7.06. The van der Waals surface area contributed by atoms with E-state index >= 15 is 0 Å². The molecular formula is C22H25ClN4O. The van der Waals surface area contributed by atoms with Crippen molar-refractivity contribution in [3.05, 3.63) is 70.9 Å². The minimum atomic E-state index is 0.281. The van der Waals surface area contributed by atoms with Crippen LogP contribution in [-0.2, 0) is 6.54 Å². The third-order valence-electron chi connectivity index (χ3n) is 4.36. The van der Waals surface area contributed by atoms with Gasteiger partial charge < -0.3 is 15.0 Å². The fourth-order valence-electron chi connectivity index (χ4n) is 2.96. The molecule has 0 saturated heterocycles. The number of aromatic nitrogens is 2. The van der Waals surface area contributed by atoms with Crippen molar-refractivity contribution >= 4 is 29.1 Å². The summed E-state index contributed by atoms with van der Waals surface area (Å²) in [6, 6.07) is 18.1. The molecule has 0 spiro atoms. The van der Waals surface area contributed by atoms with E-state index in [1.54, 1.807) is 19.2 Å². The van der Waals surface area contributed by atoms with Gasteiger partial charge in [-0.3, -0.25) is 0 Å². The maximum absolute atomic E-state index is 6.14. The van der Waals surface area contributed by atoms with Crippen molar-refractivity contribution < 1.29 is 4.74 Å². The maximum Gasteiger partial charge on any atom is 0.229 e. The molecule has 1 heterocycles. The van der Waals surface area contributed by atoms with Gasteiger partial charge in [0.25, 0.3) is 0 Å². The molecule has 3 aromatic rings. The van der Waals surface area contributed by atoms with Gasteiger partial charge in [0.1, 0.15) is 11.6 Å². The summed E-state index contributed by atoms with van der Waals surface area (Å²) in [5, 5.41) is 3.86. The van der Waals surface area contributed by atoms with Crippen molar-refractivity contribution in [3.8, 4) is 5.75 Å². The smallest absolute Gasteiger partial charge is 0.229 e. The third-order valence-corrected chi connectivity index (χ3v) is 4.60. The number of ether oxygens (including phenoxy) is 1. The normalized spacial score (nSPS) is 10.8. The highest BCUT2D eigenvalue weighted by Crippen LogP contribution is 2.30. The summed E-state index contributed by atoms with van der Waals surface area (Å²) in [5.74, 6) is 2.06. The number of nitrogens with one attached hydrogen (secondary N) is 1. The Hall–Kier alpha value is -2.79. The minimum absolute atomic E-state index is 0.281. The molecule has 1 aromatic heterocycles. The zero-order valence-electron chi connectivity index (χ0n) is 16.6. The number of methoxy groups -OCH3 is 1. The second kappa shape index (κ2) is 8.93. The monoisotopic (exact) mass is 396 g/mol. The van der Waals surface area contributed by atoms with E-state index in [9.17, 15) is 0 Å². The summed E-state index contributed by atoms with van der Waals surface area (Å²) in [5.41, 5.74) is 2.84. The summed E-state index contributed by atoms with van der Waals surface area (Å²) in [6.07, 6.45) is 0. The number of anilines is 3. The fourth-order valence-corrected chi connectivity index (χ4v) is 3.13. The second-order valence-corrected chi connectivity index (χ2v) is 7.30. The highest BCUT2D eigenvalue weighted by atomic mass is 35.5. The van der Waals surface area contributed by atoms with E-state index < -0.39 is 0 Å². The number of nitrogens with zero attached hydrogens (tertiary/aromatic N) is 3. The fraction of sp³-hybridized carbons (Fsp3) is 0.273. The zero-order chi connectivity index (χ0) is 20.1. The first kappa shape index (κ1) is 20.0. The van der Waals surface area contributed by atoms with E-state index in [0.717, 1.165) is 23.7 Å². The van der Waals surface area contributed by atoms with Crippen LogP contribution in [0.2, 0.25) is 5.02 Å². The molecule has 0 aliphatic carbocycles. The van der Waals surface area contributed by atoms with E-state index in [4.69, 9.17) is 21.3 Å². The van der Waals surface area contributed by atoms with Crippen molar-refractivity contribution in [2.45, 2.75) is 33.4 Å². The molecular weight excluding hydrogens is 372 g/mol. The maximum atomic E-state index is 6.14. The predicted octanol–water partition coefficient (Wildman–Crippen LogP) is 5.61. The van der Waals surface area contributed by atoms with E-state index in [0.29, 0.717) is 16.7 Å². The van der Waals surface area contributed by atoms with Gasteiger partial charge in [-0.05, 0) is 44.5 Å². The molecule has 3 rings (SSSR count). The average Bonchev–Trinajstić information content (AvgIpc) is 2.66. The van der Waals surface area contributed by atoms with Crippen molar-refractivity contribution in [3.63, 3.8) is 0 Å². The number of hydrogen-bond acceptors (Lipinski definition) is 5. The molecule has 28 heavy (non-hydrogen) atoms. The van der Waals surface area contributed by atoms with E-state index in [-0.39, 0.29) is 6.04 Å². The molecule has 0 radical (unpaired) electrons. The Morgan fingerprint density at radius 2 is 1.82 bits per heavy atom. The quantitative estimate of drug-likeness (QED) is 0.562. The van der Waals surface area contributed by atoms with Crippen LogP contribution < -0.4 is 15.0 Å². The SMILES string of the molecule is COc1ccc(Cl)cc1Nc1nc(C)cc(N(Cc2ccccc2)C(C)C)n1. The molecule has 6 heteroatoms. The first-order valence-electron chi connectivity index (χ1n) is 9.23. The number of rotatable bonds is 7. The van der Waals surface area contributed by atoms with Crippen molar-refractivity contribution in [1.82, 2.24) is 9.97 Å². The van der Waals surface area contributed by atoms with Crippen molar-refractivity contribution in [1.29, 1.82) is 0 Å². The lowest BCUT2D eigenvalue weighted by molar-refractivity contribution is 0.417. The summed E-state index contributed by atoms with van der Waals surface area (Å²) >= 11 is 6.14. The molecule has 0 amide bonds. The van der Waals surface area contributed by atoms with Crippen LogP contribution in [0.1, 0.15) is 25.1 Å². The molecule has 0 atom stereocenters. The highest BCUT2D eigenvalue weighted by molar-refractivity contribution is 6.31. The van der Waals surface area contributed by atoms with Gasteiger partial charge in [0, 0.05) is 29.4 Å². The van der Waals surface area contributed by atoms with Crippen molar-refractivity contribution in [2.75, 3.05) is 17.3 Å². The van der Waals surface area contributed by atoms with Crippen LogP contribution in [0, 0.1) is 6.92 Å². The van der Waals surface area contributed by atoms with Crippen LogP contribution in [0.5, 0.6) is 5.75 Å². The van der Waals surface area contributed by atoms with Gasteiger partial charge in [0.05, 0.1) is 12.8 Å². The van der Waals surface area contributed by atoms with Crippen LogP contribution in [0.25, 0.3) is 0 Å². The number of hydrogen-bond donors (Lipinski definition) is 1. The number of aryl methyl sites for hydroxylation is 1. The Bertz CT molecular complexity index is 931. The Labute approximate surface area is 171 Å². The molecule has 0 bridgehead atoms. The lowest BCUT2D eigenvalue weighted by Crippen LogP contribution is -2.31. The average molecular weight is 397 g/mol. The third kappa shape index (κ3) is 4.93. The molecule has 0 saturated carbocycles. The molecule has 0 fully saturated rings. The zero-order valence-corrected chi connectivity index (χ0v) is 17.4. The Morgan fingerprint density at radius 1 is 1.07 bits per heavy atom. The summed E-state index contributed by atoms with van der Waals surface area (Å²) in [4.78, 5) is 11.5. The summed E-state index contributed by atoms with van der Waals surface area (Å²) in [7, 11) is 1.62. The van der Waals surface area contributed by atoms with Gasteiger partial charge >= 0.3 is 0 Å². The van der Waals surface area contributed by atoms with Gasteiger partial charge in [0.2, 0.25) is 5.95 Å². The lowest BCUT2D eigenvalue weighted by atomic mass is 10.2. The van der Waals surface area contributed by atoms with Crippen LogP contribution >= 0.6 is 11.6 Å². The molecule has 0 aliphatic rings. The highest BCUT2D eigenvalue weighted by Gasteiger charge is 2.15. The number of halogens is 1. The van der Waals surface area contributed by atoms with Gasteiger partial charge in [-0.1, -0.05) is 41.9 Å². The molecule has 0 unspecified atom stereocenters. The molecule has 146 valence electrons. The first-order valence-corrected chi connectivity index (χ1v) is 9.61. The van der Waals surface area contributed by atoms with Crippen LogP contribution in [0.4, 0.5) is 17.5 Å². The predicted molar refractivity (Wildman–Crippen MR) is 116 cm³/mol. The van der Waals surface area contributed by atoms with E-state index in [2.05, 4.69) is 53.3 Å². The molecule has 5 nitrogen and oxygen atoms in total. The summed E-state index contributed by atoms with van der Waals surface area (Å²) < 4.78 is 5.41. The Morgan fingerprint density at radius 3 is 2.50 bits per heavy atom. The van der Waals surface area contributed by atoms with Gasteiger partial charge in [-0.2, -0.15) is 4.98 Å². The number of benzene rings is 2. The lowest BCUT2D eigenvalue weighted by Gasteiger charge is -2.28. The first-order chi connectivity index (χ1) is 13.5.